The van der Waals surface area contributed by atoms with Gasteiger partial charge in [0.1, 0.15) is 0 Å². The Morgan fingerprint density at radius 1 is 0.673 bits per heavy atom. The van der Waals surface area contributed by atoms with E-state index in [9.17, 15) is 0 Å². The molecular formula is C53H46N2. The SMILES string of the molecule is CC1CC#CC=C1n1c2ccccc2c2cc(-c3ccc(N(c4ccc(C5=CCCC=C5)cc4)c4ccc5c(c4)C4=C(C=CCC4C)C5(C)C)cc3)ccc21. The summed E-state index contributed by atoms with van der Waals surface area (Å²) < 4.78 is 2.43. The zero-order chi connectivity index (χ0) is 37.3. The van der Waals surface area contributed by atoms with Crippen molar-refractivity contribution >= 4 is 55.7 Å². The van der Waals surface area contributed by atoms with Crippen LogP contribution in [0.4, 0.5) is 17.1 Å². The van der Waals surface area contributed by atoms with Crippen LogP contribution in [0.25, 0.3) is 49.8 Å². The minimum Gasteiger partial charge on any atom is -0.312 e. The first-order valence-corrected chi connectivity index (χ1v) is 20.0. The Hall–Kier alpha value is -6.04. The van der Waals surface area contributed by atoms with E-state index in [4.69, 9.17) is 0 Å². The molecule has 55 heavy (non-hydrogen) atoms. The van der Waals surface area contributed by atoms with Crippen molar-refractivity contribution in [2.75, 3.05) is 4.90 Å². The molecule has 2 heteroatoms. The predicted molar refractivity (Wildman–Crippen MR) is 235 cm³/mol. The number of anilines is 3. The van der Waals surface area contributed by atoms with Crippen molar-refractivity contribution in [2.24, 2.45) is 11.8 Å². The van der Waals surface area contributed by atoms with E-state index in [1.807, 2.05) is 0 Å². The zero-order valence-corrected chi connectivity index (χ0v) is 32.2. The molecule has 2 unspecified atom stereocenters. The number of allylic oxidation sites excluding steroid dienone is 10. The lowest BCUT2D eigenvalue weighted by molar-refractivity contribution is 0.643. The van der Waals surface area contributed by atoms with Gasteiger partial charge in [-0.25, -0.2) is 0 Å². The van der Waals surface area contributed by atoms with Crippen molar-refractivity contribution in [3.63, 3.8) is 0 Å². The molecule has 5 aromatic carbocycles. The van der Waals surface area contributed by atoms with E-state index in [-0.39, 0.29) is 5.41 Å². The fraction of sp³-hybridized carbons (Fsp3) is 0.208. The van der Waals surface area contributed by atoms with Crippen LogP contribution in [-0.4, -0.2) is 4.57 Å². The van der Waals surface area contributed by atoms with E-state index in [1.165, 1.54) is 77.7 Å². The number of rotatable bonds is 6. The monoisotopic (exact) mass is 710 g/mol. The molecule has 268 valence electrons. The largest absolute Gasteiger partial charge is 0.312 e. The second-order valence-electron chi connectivity index (χ2n) is 16.4. The van der Waals surface area contributed by atoms with Crippen LogP contribution in [0.3, 0.4) is 0 Å². The highest BCUT2D eigenvalue weighted by molar-refractivity contribution is 6.11. The highest BCUT2D eigenvalue weighted by atomic mass is 15.1. The van der Waals surface area contributed by atoms with Gasteiger partial charge in [-0.1, -0.05) is 125 Å². The summed E-state index contributed by atoms with van der Waals surface area (Å²) in [5, 5.41) is 2.55. The zero-order valence-electron chi connectivity index (χ0n) is 32.2. The molecule has 0 saturated heterocycles. The average Bonchev–Trinajstić information content (AvgIpc) is 3.67. The maximum atomic E-state index is 3.28. The van der Waals surface area contributed by atoms with E-state index in [2.05, 4.69) is 195 Å². The number of aromatic nitrogens is 1. The molecule has 0 fully saturated rings. The summed E-state index contributed by atoms with van der Waals surface area (Å²) in [6, 6.07) is 41.3. The van der Waals surface area contributed by atoms with Crippen LogP contribution in [0.5, 0.6) is 0 Å². The summed E-state index contributed by atoms with van der Waals surface area (Å²) in [6.45, 7) is 9.44. The topological polar surface area (TPSA) is 8.17 Å². The summed E-state index contributed by atoms with van der Waals surface area (Å²) >= 11 is 0. The maximum absolute atomic E-state index is 3.28. The highest BCUT2D eigenvalue weighted by Crippen LogP contribution is 2.53. The third kappa shape index (κ3) is 5.48. The fourth-order valence-electron chi connectivity index (χ4n) is 9.58. The van der Waals surface area contributed by atoms with Gasteiger partial charge in [-0.2, -0.15) is 0 Å². The number of hydrogen-bond acceptors (Lipinski definition) is 1. The second-order valence-corrected chi connectivity index (χ2v) is 16.4. The van der Waals surface area contributed by atoms with Gasteiger partial charge in [0.05, 0.1) is 11.0 Å². The van der Waals surface area contributed by atoms with Crippen molar-refractivity contribution in [1.29, 1.82) is 0 Å². The molecule has 0 amide bonds. The molecule has 0 radical (unpaired) electrons. The lowest BCUT2D eigenvalue weighted by atomic mass is 9.79. The van der Waals surface area contributed by atoms with Gasteiger partial charge in [0, 0.05) is 57.4 Å². The minimum absolute atomic E-state index is 0.00314. The van der Waals surface area contributed by atoms with Gasteiger partial charge in [0.15, 0.2) is 0 Å². The van der Waals surface area contributed by atoms with Gasteiger partial charge >= 0.3 is 0 Å². The normalized spacial score (nSPS) is 19.5. The Bertz CT molecular complexity index is 2750. The molecule has 0 N–H and O–H groups in total. The lowest BCUT2D eigenvalue weighted by Crippen LogP contribution is -2.17. The predicted octanol–water partition coefficient (Wildman–Crippen LogP) is 14.2. The molecule has 6 aromatic rings. The van der Waals surface area contributed by atoms with Crippen molar-refractivity contribution in [3.05, 3.63) is 168 Å². The third-order valence-corrected chi connectivity index (χ3v) is 12.5. The molecule has 0 bridgehead atoms. The van der Waals surface area contributed by atoms with E-state index in [0.717, 1.165) is 37.1 Å². The van der Waals surface area contributed by atoms with Gasteiger partial charge < -0.3 is 9.47 Å². The molecular weight excluding hydrogens is 665 g/mol. The molecule has 4 aliphatic carbocycles. The quantitative estimate of drug-likeness (QED) is 0.156. The first-order chi connectivity index (χ1) is 26.9. The van der Waals surface area contributed by atoms with E-state index < -0.39 is 0 Å². The van der Waals surface area contributed by atoms with Gasteiger partial charge in [-0.3, -0.25) is 0 Å². The standard InChI is InChI=1S/C53H46N2/c1-35-13-8-10-19-49(35)55-50-20-11-9-17-44(50)45-33-40(25-32-51(45)55)39-23-28-42(29-24-39)54(41-26-21-38(22-27-41)37-15-6-5-7-16-37)43-30-31-47-46(34-43)52-36(2)14-12-18-48(52)53(47,3)4/h6,9,11-12,15-36H,5,7,13-14H2,1-4H3. The molecule has 0 saturated carbocycles. The minimum atomic E-state index is -0.00314. The number of hydrogen-bond donors (Lipinski definition) is 0. The molecule has 0 spiro atoms. The molecule has 1 aromatic heterocycles. The average molecular weight is 711 g/mol. The van der Waals surface area contributed by atoms with Gasteiger partial charge in [-0.05, 0) is 124 Å². The number of nitrogens with zero attached hydrogens (tertiary/aromatic N) is 2. The summed E-state index contributed by atoms with van der Waals surface area (Å²) in [6.07, 6.45) is 18.0. The maximum Gasteiger partial charge on any atom is 0.0538 e. The van der Waals surface area contributed by atoms with Crippen molar-refractivity contribution < 1.29 is 0 Å². The van der Waals surface area contributed by atoms with Crippen LogP contribution in [-0.2, 0) is 5.41 Å². The van der Waals surface area contributed by atoms with Crippen molar-refractivity contribution in [1.82, 2.24) is 4.57 Å². The van der Waals surface area contributed by atoms with Crippen LogP contribution >= 0.6 is 0 Å². The van der Waals surface area contributed by atoms with Crippen LogP contribution in [0.2, 0.25) is 0 Å². The summed E-state index contributed by atoms with van der Waals surface area (Å²) in [5.41, 5.74) is 18.1. The first kappa shape index (κ1) is 33.5. The molecule has 2 nitrogen and oxygen atoms in total. The number of para-hydroxylation sites is 1. The van der Waals surface area contributed by atoms with Crippen LogP contribution in [0.1, 0.15) is 70.1 Å². The third-order valence-electron chi connectivity index (χ3n) is 12.5. The summed E-state index contributed by atoms with van der Waals surface area (Å²) in [5.74, 6) is 7.42. The Morgan fingerprint density at radius 2 is 1.40 bits per heavy atom. The van der Waals surface area contributed by atoms with Crippen molar-refractivity contribution in [3.8, 4) is 23.0 Å². The number of fused-ring (bicyclic) bond motifs is 5. The van der Waals surface area contributed by atoms with Crippen molar-refractivity contribution in [2.45, 2.75) is 58.8 Å². The number of benzene rings is 5. The lowest BCUT2D eigenvalue weighted by Gasteiger charge is -2.28. The molecule has 1 heterocycles. The molecule has 2 atom stereocenters. The van der Waals surface area contributed by atoms with E-state index in [1.54, 1.807) is 0 Å². The smallest absolute Gasteiger partial charge is 0.0538 e. The Labute approximate surface area is 325 Å². The molecule has 10 rings (SSSR count). The Kier molecular flexibility index (Phi) is 7.97. The van der Waals surface area contributed by atoms with Crippen LogP contribution < -0.4 is 4.90 Å². The van der Waals surface area contributed by atoms with Crippen LogP contribution in [0.15, 0.2) is 151 Å². The van der Waals surface area contributed by atoms with Crippen LogP contribution in [0, 0.1) is 23.7 Å². The van der Waals surface area contributed by atoms with Gasteiger partial charge in [0.2, 0.25) is 0 Å². The van der Waals surface area contributed by atoms with Gasteiger partial charge in [0.25, 0.3) is 0 Å². The molecule has 0 aliphatic heterocycles. The molecule has 4 aliphatic rings. The summed E-state index contributed by atoms with van der Waals surface area (Å²) in [4.78, 5) is 2.44. The first-order valence-electron chi connectivity index (χ1n) is 20.0. The van der Waals surface area contributed by atoms with Gasteiger partial charge in [-0.15, -0.1) is 0 Å². The second kappa shape index (κ2) is 13.1. The highest BCUT2D eigenvalue weighted by Gasteiger charge is 2.39. The fourth-order valence-corrected chi connectivity index (χ4v) is 9.58. The summed E-state index contributed by atoms with van der Waals surface area (Å²) in [7, 11) is 0. The Balaban J connectivity index is 1.07. The van der Waals surface area contributed by atoms with E-state index in [0.29, 0.717) is 11.8 Å². The Morgan fingerprint density at radius 3 is 2.16 bits per heavy atom. The van der Waals surface area contributed by atoms with E-state index >= 15 is 0 Å².